The van der Waals surface area contributed by atoms with Gasteiger partial charge in [0.1, 0.15) is 0 Å². The number of anilines is 1. The van der Waals surface area contributed by atoms with Crippen LogP contribution in [0.5, 0.6) is 0 Å². The number of hydrogen-bond acceptors (Lipinski definition) is 4. The van der Waals surface area contributed by atoms with Gasteiger partial charge in [-0.25, -0.2) is 0 Å². The molecule has 3 rings (SSSR count). The average molecular weight is 480 g/mol. The van der Waals surface area contributed by atoms with Crippen molar-refractivity contribution < 1.29 is 14.4 Å². The van der Waals surface area contributed by atoms with Crippen LogP contribution in [0, 0.1) is 0 Å². The highest BCUT2D eigenvalue weighted by Crippen LogP contribution is 2.30. The van der Waals surface area contributed by atoms with E-state index >= 15 is 0 Å². The molecule has 1 aliphatic rings. The fraction of sp³-hybridized carbons (Fsp3) is 0.318. The van der Waals surface area contributed by atoms with Crippen molar-refractivity contribution in [3.05, 3.63) is 58.1 Å². The van der Waals surface area contributed by atoms with Crippen LogP contribution < -0.4 is 5.32 Å². The van der Waals surface area contributed by atoms with Crippen molar-refractivity contribution in [3.8, 4) is 0 Å². The van der Waals surface area contributed by atoms with E-state index in [0.717, 1.165) is 25.9 Å². The molecule has 0 spiro atoms. The fourth-order valence-electron chi connectivity index (χ4n) is 3.26. The summed E-state index contributed by atoms with van der Waals surface area (Å²) in [5.74, 6) is -0.370. The van der Waals surface area contributed by atoms with E-state index in [1.54, 1.807) is 37.4 Å². The maximum atomic E-state index is 13.0. The quantitative estimate of drug-likeness (QED) is 0.596. The van der Waals surface area contributed by atoms with Gasteiger partial charge in [-0.1, -0.05) is 41.4 Å². The Hall–Kier alpha value is -2.22. The zero-order valence-electron chi connectivity index (χ0n) is 17.1. The second-order valence-corrected chi connectivity index (χ2v) is 9.01. The maximum Gasteiger partial charge on any atom is 0.255 e. The molecular formula is C22H23Cl2N3O3S. The van der Waals surface area contributed by atoms with Crippen molar-refractivity contribution in [1.82, 2.24) is 9.80 Å². The third kappa shape index (κ3) is 6.15. The van der Waals surface area contributed by atoms with Crippen molar-refractivity contribution in [3.63, 3.8) is 0 Å². The Balaban J connectivity index is 1.62. The highest BCUT2D eigenvalue weighted by atomic mass is 35.5. The summed E-state index contributed by atoms with van der Waals surface area (Å²) in [5.41, 5.74) is 0.765. The molecule has 0 aliphatic carbocycles. The Morgan fingerprint density at radius 3 is 2.35 bits per heavy atom. The van der Waals surface area contributed by atoms with Gasteiger partial charge in [0.05, 0.1) is 33.6 Å². The van der Waals surface area contributed by atoms with Crippen LogP contribution in [-0.4, -0.2) is 60.0 Å². The van der Waals surface area contributed by atoms with Crippen LogP contribution in [0.15, 0.2) is 47.4 Å². The summed E-state index contributed by atoms with van der Waals surface area (Å²) < 4.78 is 0. The van der Waals surface area contributed by atoms with Crippen molar-refractivity contribution in [1.29, 1.82) is 0 Å². The van der Waals surface area contributed by atoms with Crippen LogP contribution in [0.1, 0.15) is 23.2 Å². The van der Waals surface area contributed by atoms with Crippen molar-refractivity contribution in [2.75, 3.05) is 37.8 Å². The summed E-state index contributed by atoms with van der Waals surface area (Å²) in [6.07, 6.45) is 2.08. The summed E-state index contributed by atoms with van der Waals surface area (Å²) in [6, 6.07) is 12.0. The zero-order valence-corrected chi connectivity index (χ0v) is 19.4. The molecule has 0 unspecified atom stereocenters. The minimum absolute atomic E-state index is 0.0779. The lowest BCUT2D eigenvalue weighted by Crippen LogP contribution is -2.35. The molecule has 1 saturated heterocycles. The van der Waals surface area contributed by atoms with Gasteiger partial charge in [0, 0.05) is 25.0 Å². The normalized spacial score (nSPS) is 13.2. The Bertz CT molecular complexity index is 960. The zero-order chi connectivity index (χ0) is 22.4. The number of benzene rings is 2. The number of amides is 3. The van der Waals surface area contributed by atoms with E-state index in [1.807, 2.05) is 17.0 Å². The van der Waals surface area contributed by atoms with Gasteiger partial charge < -0.3 is 15.1 Å². The van der Waals surface area contributed by atoms with Gasteiger partial charge in [0.2, 0.25) is 11.8 Å². The van der Waals surface area contributed by atoms with Crippen LogP contribution in [-0.2, 0) is 9.59 Å². The van der Waals surface area contributed by atoms with E-state index in [2.05, 4.69) is 5.32 Å². The molecule has 3 amide bonds. The van der Waals surface area contributed by atoms with Crippen LogP contribution in [0.3, 0.4) is 0 Å². The molecule has 6 nitrogen and oxygen atoms in total. The van der Waals surface area contributed by atoms with Gasteiger partial charge in [-0.15, -0.1) is 11.8 Å². The predicted octanol–water partition coefficient (Wildman–Crippen LogP) is 4.42. The molecule has 0 radical (unpaired) electrons. The molecule has 2 aromatic carbocycles. The Morgan fingerprint density at radius 1 is 1.03 bits per heavy atom. The minimum atomic E-state index is -0.416. The summed E-state index contributed by atoms with van der Waals surface area (Å²) in [5, 5.41) is 3.29. The molecular weight excluding hydrogens is 457 g/mol. The number of thioether (sulfide) groups is 1. The molecule has 9 heteroatoms. The van der Waals surface area contributed by atoms with Gasteiger partial charge in [-0.3, -0.25) is 14.4 Å². The van der Waals surface area contributed by atoms with E-state index < -0.39 is 5.91 Å². The minimum Gasteiger partial charge on any atom is -0.342 e. The predicted molar refractivity (Wildman–Crippen MR) is 125 cm³/mol. The smallest absolute Gasteiger partial charge is 0.255 e. The number of carbonyl (C=O) groups excluding carboxylic acids is 3. The van der Waals surface area contributed by atoms with Crippen LogP contribution in [0.4, 0.5) is 5.69 Å². The topological polar surface area (TPSA) is 69.7 Å². The number of likely N-dealkylation sites (tertiary alicyclic amines) is 1. The Kier molecular flexibility index (Phi) is 8.23. The molecule has 1 aliphatic heterocycles. The first-order valence-corrected chi connectivity index (χ1v) is 11.6. The van der Waals surface area contributed by atoms with Crippen LogP contribution in [0.2, 0.25) is 10.0 Å². The molecule has 0 saturated carbocycles. The van der Waals surface area contributed by atoms with Gasteiger partial charge in [-0.2, -0.15) is 0 Å². The van der Waals surface area contributed by atoms with Crippen molar-refractivity contribution >= 4 is 58.4 Å². The number of halogens is 2. The largest absolute Gasteiger partial charge is 0.342 e. The number of nitrogens with one attached hydrogen (secondary N) is 1. The van der Waals surface area contributed by atoms with Crippen molar-refractivity contribution in [2.24, 2.45) is 0 Å². The molecule has 1 N–H and O–H groups in total. The second kappa shape index (κ2) is 10.9. The first-order chi connectivity index (χ1) is 14.9. The molecule has 1 heterocycles. The SMILES string of the molecule is CN(CC(=O)Nc1c(Cl)cccc1Cl)C(=O)c1ccccc1SCC(=O)N1CCCC1. The van der Waals surface area contributed by atoms with Gasteiger partial charge in [-0.05, 0) is 37.1 Å². The van der Waals surface area contributed by atoms with E-state index in [9.17, 15) is 14.4 Å². The lowest BCUT2D eigenvalue weighted by molar-refractivity contribution is -0.127. The molecule has 0 bridgehead atoms. The lowest BCUT2D eigenvalue weighted by Gasteiger charge is -2.19. The summed E-state index contributed by atoms with van der Waals surface area (Å²) in [4.78, 5) is 41.6. The van der Waals surface area contributed by atoms with E-state index in [1.165, 1.54) is 16.7 Å². The Morgan fingerprint density at radius 2 is 1.68 bits per heavy atom. The summed E-state index contributed by atoms with van der Waals surface area (Å²) >= 11 is 13.5. The second-order valence-electron chi connectivity index (χ2n) is 7.18. The summed E-state index contributed by atoms with van der Waals surface area (Å²) in [6.45, 7) is 1.42. The number of hydrogen-bond donors (Lipinski definition) is 1. The average Bonchev–Trinajstić information content (AvgIpc) is 3.29. The molecule has 0 atom stereocenters. The van der Waals surface area contributed by atoms with E-state index in [0.29, 0.717) is 26.2 Å². The summed E-state index contributed by atoms with van der Waals surface area (Å²) in [7, 11) is 1.55. The fourth-order valence-corrected chi connectivity index (χ4v) is 4.69. The highest BCUT2D eigenvalue weighted by molar-refractivity contribution is 8.00. The molecule has 164 valence electrons. The highest BCUT2D eigenvalue weighted by Gasteiger charge is 2.21. The molecule has 31 heavy (non-hydrogen) atoms. The number of para-hydroxylation sites is 1. The van der Waals surface area contributed by atoms with Gasteiger partial charge >= 0.3 is 0 Å². The van der Waals surface area contributed by atoms with Gasteiger partial charge in [0.25, 0.3) is 5.91 Å². The third-order valence-corrected chi connectivity index (χ3v) is 6.57. The van der Waals surface area contributed by atoms with Crippen LogP contribution >= 0.6 is 35.0 Å². The number of likely N-dealkylation sites (N-methyl/N-ethyl adjacent to an activating group) is 1. The number of carbonyl (C=O) groups is 3. The van der Waals surface area contributed by atoms with Crippen LogP contribution in [0.25, 0.3) is 0 Å². The van der Waals surface area contributed by atoms with E-state index in [4.69, 9.17) is 23.2 Å². The molecule has 2 aromatic rings. The number of rotatable bonds is 7. The first-order valence-electron chi connectivity index (χ1n) is 9.85. The monoisotopic (exact) mass is 479 g/mol. The third-order valence-electron chi connectivity index (χ3n) is 4.88. The Labute approximate surface area is 195 Å². The molecule has 1 fully saturated rings. The lowest BCUT2D eigenvalue weighted by atomic mass is 10.2. The molecule has 0 aromatic heterocycles. The van der Waals surface area contributed by atoms with E-state index in [-0.39, 0.29) is 24.1 Å². The maximum absolute atomic E-state index is 13.0. The first kappa shape index (κ1) is 23.4. The van der Waals surface area contributed by atoms with Gasteiger partial charge in [0.15, 0.2) is 0 Å². The van der Waals surface area contributed by atoms with Crippen molar-refractivity contribution in [2.45, 2.75) is 17.7 Å². The number of nitrogens with zero attached hydrogens (tertiary/aromatic N) is 2. The standard InChI is InChI=1S/C22H23Cl2N3O3S/c1-26(13-19(28)25-21-16(23)8-6-9-17(21)24)22(30)15-7-2-3-10-18(15)31-14-20(29)27-11-4-5-12-27/h2-3,6-10H,4-5,11-14H2,1H3,(H,25,28).